The number of carbonyl (C=O) groups is 2. The molecule has 12 heteroatoms. The van der Waals surface area contributed by atoms with Crippen LogP contribution in [0.1, 0.15) is 26.6 Å². The molecule has 194 valence electrons. The molecule has 0 aliphatic rings. The molecule has 9 nitrogen and oxygen atoms in total. The minimum Gasteiger partial charge on any atom is -0.347 e. The molecule has 0 atom stereocenters. The molecular weight excluding hydrogens is 516 g/mol. The fourth-order valence-electron chi connectivity index (χ4n) is 3.40. The second-order valence-corrected chi connectivity index (χ2v) is 9.09. The van der Waals surface area contributed by atoms with E-state index >= 15 is 0 Å². The van der Waals surface area contributed by atoms with E-state index in [4.69, 9.17) is 0 Å². The molecule has 0 unspecified atom stereocenters. The molecule has 0 saturated carbocycles. The number of hydrogen-bond donors (Lipinski definition) is 2. The summed E-state index contributed by atoms with van der Waals surface area (Å²) in [6.45, 7) is 0.358. The maximum atomic E-state index is 13.4. The van der Waals surface area contributed by atoms with Crippen molar-refractivity contribution in [2.24, 2.45) is 0 Å². The fourth-order valence-corrected chi connectivity index (χ4v) is 4.19. The summed E-state index contributed by atoms with van der Waals surface area (Å²) in [5, 5.41) is 18.4. The molecule has 4 aromatic rings. The highest BCUT2D eigenvalue weighted by molar-refractivity contribution is 7.09. The van der Waals surface area contributed by atoms with E-state index in [-0.39, 0.29) is 36.8 Å². The van der Waals surface area contributed by atoms with Crippen LogP contribution in [0.25, 0.3) is 0 Å². The third-order valence-electron chi connectivity index (χ3n) is 5.38. The number of aromatic nitrogens is 1. The summed E-state index contributed by atoms with van der Waals surface area (Å²) in [6.07, 6.45) is 0. The standard InChI is InChI=1S/C26H21F2N5O4S/c27-19-5-1-17(2-6-19)13-29-25(34)23-16-38-24(31-23)15-32(14-18-3-7-20(28)8-4-18)26(35)30-21-9-11-22(12-10-21)33(36)37/h1-12,16H,13-15H2,(H,29,34)(H,30,35). The van der Waals surface area contributed by atoms with E-state index < -0.39 is 22.7 Å². The van der Waals surface area contributed by atoms with Crippen molar-refractivity contribution < 1.29 is 23.3 Å². The Morgan fingerprint density at radius 2 is 1.50 bits per heavy atom. The smallest absolute Gasteiger partial charge is 0.322 e. The average Bonchev–Trinajstić information content (AvgIpc) is 3.38. The van der Waals surface area contributed by atoms with Crippen LogP contribution < -0.4 is 10.6 Å². The predicted molar refractivity (Wildman–Crippen MR) is 137 cm³/mol. The second kappa shape index (κ2) is 12.0. The van der Waals surface area contributed by atoms with Crippen molar-refractivity contribution in [1.82, 2.24) is 15.2 Å². The normalized spacial score (nSPS) is 10.6. The Hall–Kier alpha value is -4.71. The molecule has 0 radical (unpaired) electrons. The largest absolute Gasteiger partial charge is 0.347 e. The topological polar surface area (TPSA) is 117 Å². The SMILES string of the molecule is O=C(NCc1ccc(F)cc1)c1csc(CN(Cc2ccc(F)cc2)C(=O)Nc2ccc([N+](=O)[O-])cc2)n1. The number of nitro groups is 1. The zero-order valence-electron chi connectivity index (χ0n) is 19.8. The van der Waals surface area contributed by atoms with Gasteiger partial charge in [0.25, 0.3) is 11.6 Å². The van der Waals surface area contributed by atoms with E-state index in [1.54, 1.807) is 29.6 Å². The highest BCUT2D eigenvalue weighted by Crippen LogP contribution is 2.19. The summed E-state index contributed by atoms with van der Waals surface area (Å²) in [5.41, 5.74) is 1.80. The van der Waals surface area contributed by atoms with Crippen molar-refractivity contribution >= 4 is 34.6 Å². The van der Waals surface area contributed by atoms with Crippen molar-refractivity contribution in [3.05, 3.63) is 122 Å². The van der Waals surface area contributed by atoms with Gasteiger partial charge in [0.1, 0.15) is 22.3 Å². The van der Waals surface area contributed by atoms with Crippen molar-refractivity contribution in [3.8, 4) is 0 Å². The van der Waals surface area contributed by atoms with Crippen LogP contribution in [0.15, 0.2) is 78.2 Å². The van der Waals surface area contributed by atoms with Crippen molar-refractivity contribution in [3.63, 3.8) is 0 Å². The van der Waals surface area contributed by atoms with Crippen LogP contribution in [-0.2, 0) is 19.6 Å². The van der Waals surface area contributed by atoms with Crippen molar-refractivity contribution in [2.45, 2.75) is 19.6 Å². The van der Waals surface area contributed by atoms with Crippen molar-refractivity contribution in [1.29, 1.82) is 0 Å². The van der Waals surface area contributed by atoms with Gasteiger partial charge in [0.2, 0.25) is 0 Å². The third kappa shape index (κ3) is 7.17. The number of non-ortho nitro benzene ring substituents is 1. The minimum atomic E-state index is -0.539. The molecule has 0 bridgehead atoms. The number of nitro benzene ring substituents is 1. The number of halogens is 2. The van der Waals surface area contributed by atoms with E-state index in [9.17, 15) is 28.5 Å². The molecule has 3 amide bonds. The second-order valence-electron chi connectivity index (χ2n) is 8.15. The van der Waals surface area contributed by atoms with Gasteiger partial charge in [-0.3, -0.25) is 14.9 Å². The lowest BCUT2D eigenvalue weighted by molar-refractivity contribution is -0.384. The lowest BCUT2D eigenvalue weighted by Crippen LogP contribution is -2.34. The number of urea groups is 1. The van der Waals surface area contributed by atoms with Crippen LogP contribution in [0.3, 0.4) is 0 Å². The summed E-state index contributed by atoms with van der Waals surface area (Å²) in [5.74, 6) is -1.20. The van der Waals surface area contributed by atoms with E-state index in [1.807, 2.05) is 0 Å². The van der Waals surface area contributed by atoms with Gasteiger partial charge in [0.15, 0.2) is 0 Å². The Morgan fingerprint density at radius 3 is 2.11 bits per heavy atom. The van der Waals surface area contributed by atoms with Gasteiger partial charge in [0, 0.05) is 36.3 Å². The Balaban J connectivity index is 1.45. The summed E-state index contributed by atoms with van der Waals surface area (Å²) in [4.78, 5) is 41.8. The monoisotopic (exact) mass is 537 g/mol. The molecule has 0 spiro atoms. The molecule has 2 N–H and O–H groups in total. The van der Waals surface area contributed by atoms with Gasteiger partial charge >= 0.3 is 6.03 Å². The fraction of sp³-hybridized carbons (Fsp3) is 0.115. The minimum absolute atomic E-state index is 0.0477. The summed E-state index contributed by atoms with van der Waals surface area (Å²) < 4.78 is 26.4. The maximum Gasteiger partial charge on any atom is 0.322 e. The highest BCUT2D eigenvalue weighted by atomic mass is 32.1. The van der Waals surface area contributed by atoms with Crippen LogP contribution in [-0.4, -0.2) is 26.7 Å². The lowest BCUT2D eigenvalue weighted by atomic mass is 10.2. The van der Waals surface area contributed by atoms with E-state index in [2.05, 4.69) is 15.6 Å². The lowest BCUT2D eigenvalue weighted by Gasteiger charge is -2.22. The van der Waals surface area contributed by atoms with E-state index in [1.165, 1.54) is 64.8 Å². The third-order valence-corrected chi connectivity index (χ3v) is 6.21. The molecule has 0 aliphatic carbocycles. The number of nitrogens with one attached hydrogen (secondary N) is 2. The number of benzene rings is 3. The summed E-state index contributed by atoms with van der Waals surface area (Å²) >= 11 is 1.19. The molecular formula is C26H21F2N5O4S. The zero-order valence-corrected chi connectivity index (χ0v) is 20.6. The van der Waals surface area contributed by atoms with Crippen LogP contribution in [0, 0.1) is 21.7 Å². The number of amides is 3. The van der Waals surface area contributed by atoms with Crippen LogP contribution in [0.5, 0.6) is 0 Å². The predicted octanol–water partition coefficient (Wildman–Crippen LogP) is 5.49. The first-order valence-electron chi connectivity index (χ1n) is 11.3. The highest BCUT2D eigenvalue weighted by Gasteiger charge is 2.19. The van der Waals surface area contributed by atoms with Gasteiger partial charge in [-0.15, -0.1) is 11.3 Å². The molecule has 1 aromatic heterocycles. The Morgan fingerprint density at radius 1 is 0.895 bits per heavy atom. The first-order chi connectivity index (χ1) is 18.3. The quantitative estimate of drug-likeness (QED) is 0.216. The van der Waals surface area contributed by atoms with Gasteiger partial charge in [0.05, 0.1) is 11.5 Å². The summed E-state index contributed by atoms with van der Waals surface area (Å²) in [6, 6.07) is 16.3. The number of nitrogens with zero attached hydrogens (tertiary/aromatic N) is 3. The molecule has 38 heavy (non-hydrogen) atoms. The van der Waals surface area contributed by atoms with Gasteiger partial charge in [-0.25, -0.2) is 18.6 Å². The Bertz CT molecular complexity index is 1430. The first kappa shape index (κ1) is 26.4. The molecule has 3 aromatic carbocycles. The average molecular weight is 538 g/mol. The number of anilines is 1. The van der Waals surface area contributed by atoms with Gasteiger partial charge in [-0.2, -0.15) is 0 Å². The number of hydrogen-bond acceptors (Lipinski definition) is 6. The van der Waals surface area contributed by atoms with Gasteiger partial charge < -0.3 is 15.5 Å². The summed E-state index contributed by atoms with van der Waals surface area (Å²) in [7, 11) is 0. The van der Waals surface area contributed by atoms with E-state index in [0.717, 1.165) is 5.56 Å². The first-order valence-corrected chi connectivity index (χ1v) is 12.2. The van der Waals surface area contributed by atoms with Gasteiger partial charge in [-0.1, -0.05) is 24.3 Å². The molecule has 1 heterocycles. The van der Waals surface area contributed by atoms with Gasteiger partial charge in [-0.05, 0) is 47.5 Å². The van der Waals surface area contributed by atoms with Crippen LogP contribution in [0.2, 0.25) is 0 Å². The molecule has 0 aliphatic heterocycles. The van der Waals surface area contributed by atoms with Crippen LogP contribution >= 0.6 is 11.3 Å². The molecule has 0 fully saturated rings. The Kier molecular flexibility index (Phi) is 8.34. The molecule has 4 rings (SSSR count). The molecule has 0 saturated heterocycles. The van der Waals surface area contributed by atoms with E-state index in [0.29, 0.717) is 16.3 Å². The zero-order chi connectivity index (χ0) is 27.1. The van der Waals surface area contributed by atoms with Crippen LogP contribution in [0.4, 0.5) is 25.0 Å². The van der Waals surface area contributed by atoms with Crippen molar-refractivity contribution in [2.75, 3.05) is 5.32 Å². The number of rotatable bonds is 9. The number of carbonyl (C=O) groups excluding carboxylic acids is 2. The maximum absolute atomic E-state index is 13.4. The number of thiazole rings is 1. The Labute approximate surface area is 219 Å².